The first kappa shape index (κ1) is 21.5. The molecule has 0 radical (unpaired) electrons. The number of nitrogens with one attached hydrogen (secondary N) is 1. The van der Waals surface area contributed by atoms with Crippen LogP contribution in [0.2, 0.25) is 0 Å². The molecule has 5 nitrogen and oxygen atoms in total. The molecule has 1 aromatic heterocycles. The van der Waals surface area contributed by atoms with Gasteiger partial charge in [-0.15, -0.1) is 24.0 Å². The van der Waals surface area contributed by atoms with E-state index in [1.165, 1.54) is 56.3 Å². The number of rotatable bonds is 4. The van der Waals surface area contributed by atoms with E-state index in [1.54, 1.807) is 0 Å². The monoisotopic (exact) mass is 473 g/mol. The summed E-state index contributed by atoms with van der Waals surface area (Å²) in [6.07, 6.45) is 9.41. The normalized spacial score (nSPS) is 19.7. The van der Waals surface area contributed by atoms with Crippen LogP contribution < -0.4 is 5.32 Å². The van der Waals surface area contributed by atoms with Crippen molar-refractivity contribution in [2.24, 2.45) is 17.5 Å². The van der Waals surface area contributed by atoms with Crippen molar-refractivity contribution in [2.45, 2.75) is 65.7 Å². The Morgan fingerprint density at radius 1 is 1.19 bits per heavy atom. The summed E-state index contributed by atoms with van der Waals surface area (Å²) in [6, 6.07) is 0. The van der Waals surface area contributed by atoms with E-state index in [4.69, 9.17) is 4.99 Å². The molecule has 2 aliphatic rings. The Balaban J connectivity index is 0.00000243. The van der Waals surface area contributed by atoms with E-state index in [1.807, 2.05) is 11.7 Å². The van der Waals surface area contributed by atoms with Crippen molar-refractivity contribution in [2.75, 3.05) is 26.2 Å². The number of halogens is 1. The van der Waals surface area contributed by atoms with E-state index < -0.39 is 0 Å². The second kappa shape index (κ2) is 9.42. The Morgan fingerprint density at radius 2 is 1.92 bits per heavy atom. The van der Waals surface area contributed by atoms with Crippen molar-refractivity contribution in [3.8, 4) is 0 Å². The standard InChI is InChI=1S/C20H35N5.HI/c1-5-21-19(22-13-9-18-16(2)23-24(4)17(18)3)25-14-12-20(15-25)10-7-6-8-11-20;/h5-15H2,1-4H3,(H,21,22);1H. The van der Waals surface area contributed by atoms with Crippen molar-refractivity contribution in [3.63, 3.8) is 0 Å². The predicted molar refractivity (Wildman–Crippen MR) is 119 cm³/mol. The van der Waals surface area contributed by atoms with Crippen LogP contribution in [0.15, 0.2) is 4.99 Å². The van der Waals surface area contributed by atoms with Crippen molar-refractivity contribution in [1.82, 2.24) is 20.0 Å². The number of aliphatic imine (C=N–C) groups is 1. The summed E-state index contributed by atoms with van der Waals surface area (Å²) >= 11 is 0. The molecule has 1 N–H and O–H groups in total. The number of aryl methyl sites for hydroxylation is 2. The summed E-state index contributed by atoms with van der Waals surface area (Å²) in [4.78, 5) is 7.47. The van der Waals surface area contributed by atoms with Gasteiger partial charge in [-0.3, -0.25) is 9.67 Å². The molecule has 2 heterocycles. The Kier molecular flexibility index (Phi) is 7.79. The molecular formula is C20H36IN5. The number of guanidine groups is 1. The second-order valence-electron chi connectivity index (χ2n) is 7.99. The van der Waals surface area contributed by atoms with Gasteiger partial charge in [-0.05, 0) is 57.4 Å². The van der Waals surface area contributed by atoms with Gasteiger partial charge >= 0.3 is 0 Å². The molecular weight excluding hydrogens is 437 g/mol. The first-order valence-electron chi connectivity index (χ1n) is 10.1. The van der Waals surface area contributed by atoms with Crippen LogP contribution in [0.3, 0.4) is 0 Å². The third kappa shape index (κ3) is 4.73. The van der Waals surface area contributed by atoms with Crippen LogP contribution in [0.5, 0.6) is 0 Å². The topological polar surface area (TPSA) is 45.5 Å². The Bertz CT molecular complexity index is 616. The van der Waals surface area contributed by atoms with Crippen LogP contribution in [0.1, 0.15) is 62.4 Å². The van der Waals surface area contributed by atoms with Crippen LogP contribution in [0.25, 0.3) is 0 Å². The van der Waals surface area contributed by atoms with Crippen LogP contribution in [-0.4, -0.2) is 46.8 Å². The van der Waals surface area contributed by atoms with Gasteiger partial charge in [-0.25, -0.2) is 0 Å². The molecule has 2 fully saturated rings. The van der Waals surface area contributed by atoms with Gasteiger partial charge in [0.1, 0.15) is 0 Å². The fourth-order valence-electron chi connectivity index (χ4n) is 4.70. The minimum atomic E-state index is 0. The molecule has 6 heteroatoms. The first-order chi connectivity index (χ1) is 12.0. The average molecular weight is 473 g/mol. The van der Waals surface area contributed by atoms with Gasteiger partial charge in [0.15, 0.2) is 5.96 Å². The maximum Gasteiger partial charge on any atom is 0.193 e. The molecule has 0 amide bonds. The number of hydrogen-bond donors (Lipinski definition) is 1. The van der Waals surface area contributed by atoms with Crippen LogP contribution in [-0.2, 0) is 13.5 Å². The molecule has 3 rings (SSSR count). The van der Waals surface area contributed by atoms with Gasteiger partial charge in [-0.1, -0.05) is 19.3 Å². The highest BCUT2D eigenvalue weighted by molar-refractivity contribution is 14.0. The van der Waals surface area contributed by atoms with E-state index in [0.717, 1.165) is 37.7 Å². The van der Waals surface area contributed by atoms with Crippen molar-refractivity contribution in [3.05, 3.63) is 17.0 Å². The molecule has 1 aliphatic carbocycles. The zero-order valence-electron chi connectivity index (χ0n) is 17.0. The zero-order chi connectivity index (χ0) is 17.9. The fraction of sp³-hybridized carbons (Fsp3) is 0.800. The SMILES string of the molecule is CCNC(=NCCc1c(C)nn(C)c1C)N1CCC2(CCCCC2)C1.I. The third-order valence-corrected chi connectivity index (χ3v) is 6.27. The number of nitrogens with zero attached hydrogens (tertiary/aromatic N) is 4. The minimum Gasteiger partial charge on any atom is -0.357 e. The van der Waals surface area contributed by atoms with E-state index in [-0.39, 0.29) is 24.0 Å². The van der Waals surface area contributed by atoms with Crippen molar-refractivity contribution in [1.29, 1.82) is 0 Å². The van der Waals surface area contributed by atoms with E-state index in [0.29, 0.717) is 5.41 Å². The molecule has 0 aromatic carbocycles. The van der Waals surface area contributed by atoms with Gasteiger partial charge < -0.3 is 10.2 Å². The summed E-state index contributed by atoms with van der Waals surface area (Å²) in [5.74, 6) is 1.11. The maximum absolute atomic E-state index is 4.95. The lowest BCUT2D eigenvalue weighted by Gasteiger charge is -2.33. The van der Waals surface area contributed by atoms with Gasteiger partial charge in [0.2, 0.25) is 0 Å². The molecule has 1 spiro atoms. The minimum absolute atomic E-state index is 0. The predicted octanol–water partition coefficient (Wildman–Crippen LogP) is 3.82. The second-order valence-corrected chi connectivity index (χ2v) is 7.99. The number of likely N-dealkylation sites (tertiary alicyclic amines) is 1. The largest absolute Gasteiger partial charge is 0.357 e. The lowest BCUT2D eigenvalue weighted by atomic mass is 9.73. The summed E-state index contributed by atoms with van der Waals surface area (Å²) < 4.78 is 1.98. The molecule has 1 saturated carbocycles. The summed E-state index contributed by atoms with van der Waals surface area (Å²) in [6.45, 7) is 10.5. The quantitative estimate of drug-likeness (QED) is 0.411. The van der Waals surface area contributed by atoms with Gasteiger partial charge in [0.25, 0.3) is 0 Å². The Hall–Kier alpha value is -0.790. The maximum atomic E-state index is 4.95. The van der Waals surface area contributed by atoms with Gasteiger partial charge in [-0.2, -0.15) is 5.10 Å². The van der Waals surface area contributed by atoms with Crippen LogP contribution in [0, 0.1) is 19.3 Å². The summed E-state index contributed by atoms with van der Waals surface area (Å²) in [5.41, 5.74) is 4.33. The highest BCUT2D eigenvalue weighted by Gasteiger charge is 2.39. The molecule has 1 aliphatic heterocycles. The fourth-order valence-corrected chi connectivity index (χ4v) is 4.70. The van der Waals surface area contributed by atoms with E-state index in [2.05, 4.69) is 36.1 Å². The van der Waals surface area contributed by atoms with Crippen molar-refractivity contribution >= 4 is 29.9 Å². The molecule has 0 bridgehead atoms. The van der Waals surface area contributed by atoms with Crippen LogP contribution >= 0.6 is 24.0 Å². The third-order valence-electron chi connectivity index (χ3n) is 6.27. The lowest BCUT2D eigenvalue weighted by Crippen LogP contribution is -2.41. The number of hydrogen-bond acceptors (Lipinski definition) is 2. The Morgan fingerprint density at radius 3 is 2.54 bits per heavy atom. The molecule has 26 heavy (non-hydrogen) atoms. The Labute approximate surface area is 176 Å². The van der Waals surface area contributed by atoms with Gasteiger partial charge in [0.05, 0.1) is 5.69 Å². The van der Waals surface area contributed by atoms with E-state index >= 15 is 0 Å². The highest BCUT2D eigenvalue weighted by Crippen LogP contribution is 2.43. The summed E-state index contributed by atoms with van der Waals surface area (Å²) in [5, 5.41) is 8.04. The lowest BCUT2D eigenvalue weighted by molar-refractivity contribution is 0.203. The zero-order valence-corrected chi connectivity index (χ0v) is 19.3. The highest BCUT2D eigenvalue weighted by atomic mass is 127. The first-order valence-corrected chi connectivity index (χ1v) is 10.1. The van der Waals surface area contributed by atoms with Crippen molar-refractivity contribution < 1.29 is 0 Å². The number of aromatic nitrogens is 2. The molecule has 148 valence electrons. The van der Waals surface area contributed by atoms with Crippen LogP contribution in [0.4, 0.5) is 0 Å². The molecule has 1 saturated heterocycles. The summed E-state index contributed by atoms with van der Waals surface area (Å²) in [7, 11) is 2.02. The van der Waals surface area contributed by atoms with Gasteiger partial charge in [0, 0.05) is 38.9 Å². The average Bonchev–Trinajstić information content (AvgIpc) is 3.10. The molecule has 0 unspecified atom stereocenters. The molecule has 1 aromatic rings. The van der Waals surface area contributed by atoms with E-state index in [9.17, 15) is 0 Å². The smallest absolute Gasteiger partial charge is 0.193 e. The molecule has 0 atom stereocenters.